The Morgan fingerprint density at radius 2 is 2.06 bits per heavy atom. The largest absolute Gasteiger partial charge is 0.464 e. The van der Waals surface area contributed by atoms with Crippen molar-refractivity contribution in [1.29, 1.82) is 0 Å². The van der Waals surface area contributed by atoms with Crippen molar-refractivity contribution in [3.05, 3.63) is 0 Å². The van der Waals surface area contributed by atoms with E-state index < -0.39 is 5.60 Å². The van der Waals surface area contributed by atoms with Gasteiger partial charge in [0.15, 0.2) is 5.60 Å². The van der Waals surface area contributed by atoms with Gasteiger partial charge in [-0.25, -0.2) is 4.79 Å². The molecule has 0 aromatic rings. The molecule has 18 heavy (non-hydrogen) atoms. The zero-order valence-corrected chi connectivity index (χ0v) is 12.1. The monoisotopic (exact) mass is 254 g/mol. The molecule has 0 radical (unpaired) electrons. The summed E-state index contributed by atoms with van der Waals surface area (Å²) in [5.74, 6) is 1.24. The van der Waals surface area contributed by atoms with Gasteiger partial charge in [-0.05, 0) is 44.4 Å². The Hall–Kier alpha value is -0.570. The number of carbonyl (C=O) groups is 1. The minimum absolute atomic E-state index is 0.131. The van der Waals surface area contributed by atoms with Crippen LogP contribution in [0.2, 0.25) is 0 Å². The molecule has 0 bridgehead atoms. The fourth-order valence-corrected chi connectivity index (χ4v) is 3.54. The predicted molar refractivity (Wildman–Crippen MR) is 70.3 cm³/mol. The summed E-state index contributed by atoms with van der Waals surface area (Å²) in [5.41, 5.74) is -0.826. The second-order valence-electron chi connectivity index (χ2n) is 6.09. The molecular formula is C15H26O3. The van der Waals surface area contributed by atoms with Crippen LogP contribution in [-0.4, -0.2) is 23.8 Å². The van der Waals surface area contributed by atoms with Gasteiger partial charge in [-0.2, -0.15) is 0 Å². The minimum Gasteiger partial charge on any atom is -0.464 e. The second-order valence-corrected chi connectivity index (χ2v) is 6.09. The van der Waals surface area contributed by atoms with E-state index >= 15 is 0 Å². The summed E-state index contributed by atoms with van der Waals surface area (Å²) in [6.45, 7) is 8.97. The first kappa shape index (κ1) is 13.9. The SMILES string of the molecule is CCCC1(C(=O)OCC)OC12CCC(C)C(C)C2. The van der Waals surface area contributed by atoms with Crippen molar-refractivity contribution in [3.63, 3.8) is 0 Å². The maximum Gasteiger partial charge on any atom is 0.341 e. The highest BCUT2D eigenvalue weighted by molar-refractivity contribution is 5.85. The molecule has 1 saturated carbocycles. The summed E-state index contributed by atoms with van der Waals surface area (Å²) in [7, 11) is 0. The fraction of sp³-hybridized carbons (Fsp3) is 0.933. The van der Waals surface area contributed by atoms with E-state index in [4.69, 9.17) is 9.47 Å². The van der Waals surface area contributed by atoms with Crippen LogP contribution < -0.4 is 0 Å². The average molecular weight is 254 g/mol. The number of hydrogen-bond donors (Lipinski definition) is 0. The molecule has 1 saturated heterocycles. The zero-order valence-electron chi connectivity index (χ0n) is 12.1. The minimum atomic E-state index is -0.619. The third-order valence-electron chi connectivity index (χ3n) is 4.90. The molecule has 1 spiro atoms. The molecule has 2 rings (SSSR count). The molecule has 2 aliphatic rings. The Kier molecular flexibility index (Phi) is 3.72. The Morgan fingerprint density at radius 1 is 1.33 bits per heavy atom. The number of hydrogen-bond acceptors (Lipinski definition) is 3. The Bertz CT molecular complexity index is 328. The molecule has 4 atom stereocenters. The zero-order chi connectivity index (χ0) is 13.4. The summed E-state index contributed by atoms with van der Waals surface area (Å²) in [4.78, 5) is 12.2. The van der Waals surface area contributed by atoms with E-state index in [1.807, 2.05) is 6.92 Å². The number of epoxide rings is 1. The summed E-state index contributed by atoms with van der Waals surface area (Å²) in [6.07, 6.45) is 4.94. The summed E-state index contributed by atoms with van der Waals surface area (Å²) in [5, 5.41) is 0. The van der Waals surface area contributed by atoms with Crippen molar-refractivity contribution in [2.45, 2.75) is 71.0 Å². The van der Waals surface area contributed by atoms with Gasteiger partial charge in [0.25, 0.3) is 0 Å². The first-order valence-corrected chi connectivity index (χ1v) is 7.38. The van der Waals surface area contributed by atoms with Crippen LogP contribution in [0.5, 0.6) is 0 Å². The highest BCUT2D eigenvalue weighted by atomic mass is 16.7. The average Bonchev–Trinajstić information content (AvgIpc) is 2.94. The van der Waals surface area contributed by atoms with Gasteiger partial charge in [-0.15, -0.1) is 0 Å². The van der Waals surface area contributed by atoms with Crippen LogP contribution in [-0.2, 0) is 14.3 Å². The van der Waals surface area contributed by atoms with Crippen molar-refractivity contribution >= 4 is 5.97 Å². The predicted octanol–water partition coefficient (Wildman–Crippen LogP) is 3.31. The van der Waals surface area contributed by atoms with Crippen LogP contribution in [0.3, 0.4) is 0 Å². The lowest BCUT2D eigenvalue weighted by Gasteiger charge is -2.32. The van der Waals surface area contributed by atoms with Crippen molar-refractivity contribution in [2.24, 2.45) is 11.8 Å². The molecule has 3 heteroatoms. The Morgan fingerprint density at radius 3 is 2.61 bits per heavy atom. The van der Waals surface area contributed by atoms with Gasteiger partial charge >= 0.3 is 5.97 Å². The second kappa shape index (κ2) is 4.84. The van der Waals surface area contributed by atoms with E-state index in [-0.39, 0.29) is 11.6 Å². The van der Waals surface area contributed by atoms with Gasteiger partial charge in [0, 0.05) is 0 Å². The van der Waals surface area contributed by atoms with Crippen LogP contribution in [0.1, 0.15) is 59.8 Å². The molecule has 2 fully saturated rings. The Labute approximate surface area is 110 Å². The van der Waals surface area contributed by atoms with Crippen molar-refractivity contribution in [1.82, 2.24) is 0 Å². The molecule has 0 N–H and O–H groups in total. The molecule has 1 aliphatic heterocycles. The highest BCUT2D eigenvalue weighted by Crippen LogP contribution is 2.61. The maximum absolute atomic E-state index is 12.2. The standard InChI is InChI=1S/C15H26O3/c1-5-8-15(13(16)17-6-2)14(18-15)9-7-11(3)12(4)10-14/h11-12H,5-10H2,1-4H3. The van der Waals surface area contributed by atoms with Crippen molar-refractivity contribution in [2.75, 3.05) is 6.61 Å². The lowest BCUT2D eigenvalue weighted by molar-refractivity contribution is -0.150. The molecule has 0 aromatic carbocycles. The van der Waals surface area contributed by atoms with Gasteiger partial charge in [0.2, 0.25) is 0 Å². The van der Waals surface area contributed by atoms with Gasteiger partial charge in [0.05, 0.1) is 6.61 Å². The molecule has 0 aromatic heterocycles. The van der Waals surface area contributed by atoms with E-state index in [1.165, 1.54) is 0 Å². The molecule has 3 nitrogen and oxygen atoms in total. The molecule has 1 heterocycles. The van der Waals surface area contributed by atoms with Crippen LogP contribution >= 0.6 is 0 Å². The van der Waals surface area contributed by atoms with Crippen LogP contribution in [0, 0.1) is 11.8 Å². The van der Waals surface area contributed by atoms with E-state index in [2.05, 4.69) is 20.8 Å². The smallest absolute Gasteiger partial charge is 0.341 e. The summed E-state index contributed by atoms with van der Waals surface area (Å²) >= 11 is 0. The van der Waals surface area contributed by atoms with Crippen LogP contribution in [0.15, 0.2) is 0 Å². The van der Waals surface area contributed by atoms with Crippen molar-refractivity contribution < 1.29 is 14.3 Å². The number of rotatable bonds is 4. The third-order valence-corrected chi connectivity index (χ3v) is 4.90. The van der Waals surface area contributed by atoms with E-state index in [9.17, 15) is 4.79 Å². The molecule has 1 aliphatic carbocycles. The van der Waals surface area contributed by atoms with Gasteiger partial charge in [-0.1, -0.05) is 27.2 Å². The number of carbonyl (C=O) groups excluding carboxylic acids is 1. The number of esters is 1. The third kappa shape index (κ3) is 1.97. The van der Waals surface area contributed by atoms with E-state index in [0.29, 0.717) is 12.5 Å². The maximum atomic E-state index is 12.2. The lowest BCUT2D eigenvalue weighted by atomic mass is 9.70. The summed E-state index contributed by atoms with van der Waals surface area (Å²) in [6, 6.07) is 0. The Balaban J connectivity index is 2.13. The van der Waals surface area contributed by atoms with Crippen LogP contribution in [0.25, 0.3) is 0 Å². The first-order chi connectivity index (χ1) is 8.51. The molecule has 4 unspecified atom stereocenters. The van der Waals surface area contributed by atoms with Gasteiger partial charge in [0.1, 0.15) is 5.60 Å². The van der Waals surface area contributed by atoms with Crippen molar-refractivity contribution in [3.8, 4) is 0 Å². The van der Waals surface area contributed by atoms with E-state index in [0.717, 1.165) is 38.0 Å². The lowest BCUT2D eigenvalue weighted by Crippen LogP contribution is -2.40. The normalized spacial score (nSPS) is 42.9. The van der Waals surface area contributed by atoms with E-state index in [1.54, 1.807) is 0 Å². The topological polar surface area (TPSA) is 38.8 Å². The molecule has 0 amide bonds. The summed E-state index contributed by atoms with van der Waals surface area (Å²) < 4.78 is 11.3. The van der Waals surface area contributed by atoms with Gasteiger partial charge < -0.3 is 9.47 Å². The fourth-order valence-electron chi connectivity index (χ4n) is 3.54. The molecule has 104 valence electrons. The van der Waals surface area contributed by atoms with Crippen LogP contribution in [0.4, 0.5) is 0 Å². The molecular weight excluding hydrogens is 228 g/mol. The quantitative estimate of drug-likeness (QED) is 0.570. The first-order valence-electron chi connectivity index (χ1n) is 7.38. The number of ether oxygens (including phenoxy) is 2. The highest BCUT2D eigenvalue weighted by Gasteiger charge is 2.75. The van der Waals surface area contributed by atoms with Gasteiger partial charge in [-0.3, -0.25) is 0 Å².